The van der Waals surface area contributed by atoms with Crippen LogP contribution < -0.4 is 9.44 Å². The van der Waals surface area contributed by atoms with E-state index in [2.05, 4.69) is 21.9 Å². The fraction of sp³-hybridized carbons (Fsp3) is 0.345. The summed E-state index contributed by atoms with van der Waals surface area (Å²) in [6.07, 6.45) is 4.31. The molecule has 226 valence electrons. The third-order valence-corrected chi connectivity index (χ3v) is 9.66. The van der Waals surface area contributed by atoms with Crippen LogP contribution in [0.1, 0.15) is 35.9 Å². The van der Waals surface area contributed by atoms with Gasteiger partial charge < -0.3 is 13.8 Å². The number of aryl methyl sites for hydroxylation is 2. The smallest absolute Gasteiger partial charge is 0.301 e. The molecule has 0 amide bonds. The van der Waals surface area contributed by atoms with Crippen molar-refractivity contribution in [3.63, 3.8) is 0 Å². The quantitative estimate of drug-likeness (QED) is 0.270. The molecule has 43 heavy (non-hydrogen) atoms. The first-order valence-electron chi connectivity index (χ1n) is 13.8. The fourth-order valence-corrected chi connectivity index (χ4v) is 8.10. The Morgan fingerprint density at radius 1 is 1.07 bits per heavy atom. The SMILES string of the molecule is Cc1noc(C)c1-c1cnc2c3ccc(N(CS(C)(=O)=O)S(N)(=O)=O)nc3n(C(c3ccccc3)C3CCOCC3)c2c1. The maximum Gasteiger partial charge on any atom is 0.301 e. The van der Waals surface area contributed by atoms with Crippen LogP contribution in [0, 0.1) is 19.8 Å². The Hall–Kier alpha value is -3.85. The number of anilines is 1. The van der Waals surface area contributed by atoms with Crippen LogP contribution in [0.2, 0.25) is 0 Å². The topological polar surface area (TPSA) is 164 Å². The standard InChI is InChI=1S/C29H32N6O6S2/c1-18-26(19(2)41-33-18)22-15-24-27(31-16-22)23-9-10-25(34(43(30,38)39)17-42(3,36)37)32-29(23)35(24)28(20-7-5-4-6-8-20)21-11-13-40-14-12-21/h4-10,15-16,21,28H,11-14,17H2,1-3H3,(H2,30,38,39). The molecule has 0 bridgehead atoms. The Bertz CT molecular complexity index is 2010. The van der Waals surface area contributed by atoms with E-state index in [0.29, 0.717) is 39.8 Å². The second kappa shape index (κ2) is 11.0. The first kappa shape index (κ1) is 29.2. The molecule has 12 nitrogen and oxygen atoms in total. The molecule has 4 aromatic heterocycles. The van der Waals surface area contributed by atoms with Gasteiger partial charge in [0.25, 0.3) is 0 Å². The minimum Gasteiger partial charge on any atom is -0.381 e. The summed E-state index contributed by atoms with van der Waals surface area (Å²) in [6, 6.07) is 15.0. The van der Waals surface area contributed by atoms with Crippen molar-refractivity contribution in [2.24, 2.45) is 11.1 Å². The molecule has 1 aliphatic rings. The van der Waals surface area contributed by atoms with Crippen molar-refractivity contribution >= 4 is 47.9 Å². The molecule has 1 saturated heterocycles. The van der Waals surface area contributed by atoms with Gasteiger partial charge in [0.15, 0.2) is 9.84 Å². The Balaban J connectivity index is 1.69. The van der Waals surface area contributed by atoms with Crippen LogP contribution in [0.5, 0.6) is 0 Å². The third-order valence-electron chi connectivity index (χ3n) is 7.84. The van der Waals surface area contributed by atoms with Gasteiger partial charge in [-0.1, -0.05) is 35.5 Å². The van der Waals surface area contributed by atoms with Gasteiger partial charge in [-0.2, -0.15) is 8.42 Å². The molecular formula is C29H32N6O6S2. The molecule has 1 fully saturated rings. The number of sulfone groups is 1. The van der Waals surface area contributed by atoms with E-state index in [4.69, 9.17) is 24.4 Å². The second-order valence-corrected chi connectivity index (χ2v) is 14.5. The minimum absolute atomic E-state index is 0.103. The summed E-state index contributed by atoms with van der Waals surface area (Å²) in [5, 5.41) is 10.3. The van der Waals surface area contributed by atoms with E-state index in [1.807, 2.05) is 38.1 Å². The fourth-order valence-electron chi connectivity index (χ4n) is 6.01. The average Bonchev–Trinajstić information content (AvgIpc) is 3.47. The van der Waals surface area contributed by atoms with Crippen molar-refractivity contribution < 1.29 is 26.1 Å². The monoisotopic (exact) mass is 624 g/mol. The van der Waals surface area contributed by atoms with Gasteiger partial charge in [0.05, 0.1) is 22.8 Å². The Labute approximate surface area is 249 Å². The highest BCUT2D eigenvalue weighted by Gasteiger charge is 2.32. The molecule has 14 heteroatoms. The Morgan fingerprint density at radius 2 is 1.79 bits per heavy atom. The number of benzene rings is 1. The molecule has 1 unspecified atom stereocenters. The molecule has 1 aromatic carbocycles. The van der Waals surface area contributed by atoms with Crippen LogP contribution in [0.4, 0.5) is 5.82 Å². The van der Waals surface area contributed by atoms with Crippen LogP contribution >= 0.6 is 0 Å². The molecule has 5 aromatic rings. The number of nitrogens with zero attached hydrogens (tertiary/aromatic N) is 5. The zero-order valence-corrected chi connectivity index (χ0v) is 25.6. The number of aromatic nitrogens is 4. The van der Waals surface area contributed by atoms with Crippen molar-refractivity contribution in [1.82, 2.24) is 19.7 Å². The van der Waals surface area contributed by atoms with Gasteiger partial charge in [-0.05, 0) is 56.4 Å². The van der Waals surface area contributed by atoms with Crippen molar-refractivity contribution in [2.45, 2.75) is 32.7 Å². The lowest BCUT2D eigenvalue weighted by Crippen LogP contribution is -2.40. The van der Waals surface area contributed by atoms with Crippen LogP contribution in [0.25, 0.3) is 33.2 Å². The normalized spacial score (nSPS) is 15.7. The van der Waals surface area contributed by atoms with Crippen molar-refractivity contribution in [3.05, 3.63) is 71.7 Å². The largest absolute Gasteiger partial charge is 0.381 e. The molecular weight excluding hydrogens is 592 g/mol. The van der Waals surface area contributed by atoms with Crippen molar-refractivity contribution in [1.29, 1.82) is 0 Å². The summed E-state index contributed by atoms with van der Waals surface area (Å²) >= 11 is 0. The molecule has 1 aliphatic heterocycles. The number of hydrogen-bond donors (Lipinski definition) is 1. The highest BCUT2D eigenvalue weighted by Crippen LogP contribution is 2.41. The predicted octanol–water partition coefficient (Wildman–Crippen LogP) is 3.88. The number of pyridine rings is 2. The number of rotatable bonds is 8. The summed E-state index contributed by atoms with van der Waals surface area (Å²) in [6.45, 7) is 4.94. The van der Waals surface area contributed by atoms with Gasteiger partial charge in [-0.3, -0.25) is 4.98 Å². The van der Waals surface area contributed by atoms with E-state index < -0.39 is 25.9 Å². The molecule has 0 aliphatic carbocycles. The van der Waals surface area contributed by atoms with Gasteiger partial charge >= 0.3 is 10.2 Å². The van der Waals surface area contributed by atoms with Crippen LogP contribution in [0.15, 0.2) is 59.3 Å². The Kier molecular flexibility index (Phi) is 7.49. The minimum atomic E-state index is -4.47. The molecule has 2 N–H and O–H groups in total. The van der Waals surface area contributed by atoms with Crippen molar-refractivity contribution in [2.75, 3.05) is 29.7 Å². The lowest BCUT2D eigenvalue weighted by molar-refractivity contribution is 0.0552. The summed E-state index contributed by atoms with van der Waals surface area (Å²) in [7, 11) is -8.25. The van der Waals surface area contributed by atoms with E-state index in [1.165, 1.54) is 6.07 Å². The highest BCUT2D eigenvalue weighted by molar-refractivity contribution is 7.94. The zero-order chi connectivity index (χ0) is 30.5. The lowest BCUT2D eigenvalue weighted by atomic mass is 9.86. The van der Waals surface area contributed by atoms with Gasteiger partial charge in [-0.25, -0.2) is 22.8 Å². The summed E-state index contributed by atoms with van der Waals surface area (Å²) in [5.41, 5.74) is 5.34. The average molecular weight is 625 g/mol. The summed E-state index contributed by atoms with van der Waals surface area (Å²) in [4.78, 5) is 9.66. The first-order chi connectivity index (χ1) is 20.4. The third kappa shape index (κ3) is 5.62. The van der Waals surface area contributed by atoms with Crippen LogP contribution in [-0.2, 0) is 24.8 Å². The number of fused-ring (bicyclic) bond motifs is 3. The predicted molar refractivity (Wildman–Crippen MR) is 163 cm³/mol. The lowest BCUT2D eigenvalue weighted by Gasteiger charge is -2.33. The van der Waals surface area contributed by atoms with E-state index in [1.54, 1.807) is 12.3 Å². The summed E-state index contributed by atoms with van der Waals surface area (Å²) in [5.74, 6) is -0.126. The number of nitrogens with two attached hydrogens (primary N) is 1. The number of ether oxygens (including phenoxy) is 1. The van der Waals surface area contributed by atoms with Gasteiger partial charge in [-0.15, -0.1) is 0 Å². The molecule has 6 rings (SSSR count). The van der Waals surface area contributed by atoms with Crippen LogP contribution in [-0.4, -0.2) is 61.9 Å². The van der Waals surface area contributed by atoms with E-state index in [0.717, 1.165) is 47.0 Å². The van der Waals surface area contributed by atoms with Gasteiger partial charge in [0.1, 0.15) is 23.1 Å². The zero-order valence-electron chi connectivity index (χ0n) is 24.0. The Morgan fingerprint density at radius 3 is 2.42 bits per heavy atom. The molecule has 1 atom stereocenters. The maximum atomic E-state index is 12.6. The molecule has 0 spiro atoms. The molecule has 0 saturated carbocycles. The number of hydrogen-bond acceptors (Lipinski definition) is 9. The van der Waals surface area contributed by atoms with E-state index in [-0.39, 0.29) is 17.8 Å². The second-order valence-electron chi connectivity index (χ2n) is 11.0. The first-order valence-corrected chi connectivity index (χ1v) is 17.3. The van der Waals surface area contributed by atoms with E-state index >= 15 is 0 Å². The van der Waals surface area contributed by atoms with Crippen molar-refractivity contribution in [3.8, 4) is 11.1 Å². The maximum absolute atomic E-state index is 12.6. The van der Waals surface area contributed by atoms with Gasteiger partial charge in [0, 0.05) is 42.2 Å². The van der Waals surface area contributed by atoms with Crippen LogP contribution in [0.3, 0.4) is 0 Å². The molecule has 5 heterocycles. The van der Waals surface area contributed by atoms with E-state index in [9.17, 15) is 16.8 Å². The van der Waals surface area contributed by atoms with Gasteiger partial charge in [0.2, 0.25) is 0 Å². The highest BCUT2D eigenvalue weighted by atomic mass is 32.2. The summed E-state index contributed by atoms with van der Waals surface area (Å²) < 4.78 is 63.5. The molecule has 0 radical (unpaired) electrons.